The highest BCUT2D eigenvalue weighted by Crippen LogP contribution is 2.19. The molecule has 0 fully saturated rings. The lowest BCUT2D eigenvalue weighted by Gasteiger charge is -2.08. The number of rotatable bonds is 4. The van der Waals surface area contributed by atoms with Crippen LogP contribution in [-0.4, -0.2) is 13.0 Å². The first-order valence-corrected chi connectivity index (χ1v) is 6.56. The van der Waals surface area contributed by atoms with Gasteiger partial charge in [0.1, 0.15) is 5.75 Å². The van der Waals surface area contributed by atoms with Crippen molar-refractivity contribution in [2.24, 2.45) is 0 Å². The van der Waals surface area contributed by atoms with Crippen LogP contribution in [-0.2, 0) is 6.42 Å². The van der Waals surface area contributed by atoms with E-state index in [9.17, 15) is 4.79 Å². The van der Waals surface area contributed by atoms with Crippen molar-refractivity contribution >= 4 is 11.6 Å². The molecule has 0 atom stereocenters. The van der Waals surface area contributed by atoms with Crippen LogP contribution in [0.25, 0.3) is 0 Å². The summed E-state index contributed by atoms with van der Waals surface area (Å²) in [4.78, 5) is 12.2. The van der Waals surface area contributed by atoms with Crippen LogP contribution in [0.2, 0.25) is 0 Å². The third kappa shape index (κ3) is 3.61. The fourth-order valence-corrected chi connectivity index (χ4v) is 2.02. The molecule has 2 aromatic rings. The number of carbonyl (C=O) groups is 1. The van der Waals surface area contributed by atoms with Gasteiger partial charge < -0.3 is 10.1 Å². The van der Waals surface area contributed by atoms with E-state index in [1.807, 2.05) is 19.1 Å². The van der Waals surface area contributed by atoms with Gasteiger partial charge in [-0.25, -0.2) is 0 Å². The molecule has 0 bridgehead atoms. The second-order valence-corrected chi connectivity index (χ2v) is 4.67. The summed E-state index contributed by atoms with van der Waals surface area (Å²) in [6.45, 7) is 1.90. The minimum Gasteiger partial charge on any atom is -0.496 e. The Morgan fingerprint density at radius 3 is 2.52 bits per heavy atom. The predicted molar refractivity (Wildman–Crippen MR) is 81.4 cm³/mol. The minimum absolute atomic E-state index is 0.172. The summed E-state index contributed by atoms with van der Waals surface area (Å²) in [5.74, 6) is 0.584. The topological polar surface area (TPSA) is 62.1 Å². The zero-order valence-electron chi connectivity index (χ0n) is 12.0. The van der Waals surface area contributed by atoms with Crippen molar-refractivity contribution in [2.45, 2.75) is 13.3 Å². The van der Waals surface area contributed by atoms with Crippen molar-refractivity contribution in [1.29, 1.82) is 5.26 Å². The van der Waals surface area contributed by atoms with Gasteiger partial charge in [0.25, 0.3) is 5.91 Å². The molecular weight excluding hydrogens is 264 g/mol. The zero-order chi connectivity index (χ0) is 15.2. The number of carbonyl (C=O) groups excluding carboxylic acids is 1. The Labute approximate surface area is 124 Å². The standard InChI is InChI=1S/C17H16N2O2/c1-12-11-14(5-8-16(12)21-2)17(20)19-15-6-3-13(4-7-15)9-10-18/h3-8,11H,9H2,1-2H3,(H,19,20). The number of aryl methyl sites for hydroxylation is 1. The molecule has 2 rings (SSSR count). The first kappa shape index (κ1) is 14.6. The second kappa shape index (κ2) is 6.58. The summed E-state index contributed by atoms with van der Waals surface area (Å²) < 4.78 is 5.18. The molecule has 4 nitrogen and oxygen atoms in total. The number of anilines is 1. The third-order valence-corrected chi connectivity index (χ3v) is 3.15. The summed E-state index contributed by atoms with van der Waals surface area (Å²) >= 11 is 0. The van der Waals surface area contributed by atoms with Crippen LogP contribution in [0.3, 0.4) is 0 Å². The lowest BCUT2D eigenvalue weighted by atomic mass is 10.1. The van der Waals surface area contributed by atoms with Crippen LogP contribution in [0.15, 0.2) is 42.5 Å². The molecule has 0 heterocycles. The number of nitrogens with one attached hydrogen (secondary N) is 1. The average molecular weight is 280 g/mol. The van der Waals surface area contributed by atoms with Gasteiger partial charge in [0.05, 0.1) is 19.6 Å². The van der Waals surface area contributed by atoms with E-state index in [2.05, 4.69) is 11.4 Å². The molecule has 1 N–H and O–H groups in total. The van der Waals surface area contributed by atoms with Crippen molar-refractivity contribution < 1.29 is 9.53 Å². The highest BCUT2D eigenvalue weighted by atomic mass is 16.5. The summed E-state index contributed by atoms with van der Waals surface area (Å²) in [5, 5.41) is 11.5. The molecule has 0 aliphatic rings. The normalized spacial score (nSPS) is 9.76. The maximum Gasteiger partial charge on any atom is 0.255 e. The quantitative estimate of drug-likeness (QED) is 0.934. The molecule has 0 aliphatic carbocycles. The molecule has 0 aliphatic heterocycles. The van der Waals surface area contributed by atoms with Crippen LogP contribution >= 0.6 is 0 Å². The number of methoxy groups -OCH3 is 1. The van der Waals surface area contributed by atoms with E-state index in [0.29, 0.717) is 17.7 Å². The molecule has 0 saturated heterocycles. The summed E-state index contributed by atoms with van der Waals surface area (Å²) in [5.41, 5.74) is 3.12. The molecule has 0 aromatic heterocycles. The van der Waals surface area contributed by atoms with Crippen LogP contribution in [0.4, 0.5) is 5.69 Å². The molecule has 4 heteroatoms. The molecule has 0 saturated carbocycles. The summed E-state index contributed by atoms with van der Waals surface area (Å²) in [6, 6.07) is 14.6. The van der Waals surface area contributed by atoms with Crippen molar-refractivity contribution in [3.05, 3.63) is 59.2 Å². The number of ether oxygens (including phenoxy) is 1. The fourth-order valence-electron chi connectivity index (χ4n) is 2.02. The predicted octanol–water partition coefficient (Wildman–Crippen LogP) is 3.32. The first-order valence-electron chi connectivity index (χ1n) is 6.56. The lowest BCUT2D eigenvalue weighted by molar-refractivity contribution is 0.102. The van der Waals surface area contributed by atoms with E-state index in [0.717, 1.165) is 16.9 Å². The SMILES string of the molecule is COc1ccc(C(=O)Nc2ccc(CC#N)cc2)cc1C. The summed E-state index contributed by atoms with van der Waals surface area (Å²) in [7, 11) is 1.60. The average Bonchev–Trinajstić information content (AvgIpc) is 2.49. The van der Waals surface area contributed by atoms with Gasteiger partial charge in [-0.05, 0) is 48.4 Å². The van der Waals surface area contributed by atoms with E-state index in [4.69, 9.17) is 10.00 Å². The van der Waals surface area contributed by atoms with Crippen molar-refractivity contribution in [3.63, 3.8) is 0 Å². The van der Waals surface area contributed by atoms with Gasteiger partial charge >= 0.3 is 0 Å². The number of amides is 1. The number of nitriles is 1. The van der Waals surface area contributed by atoms with Gasteiger partial charge in [-0.1, -0.05) is 12.1 Å². The lowest BCUT2D eigenvalue weighted by Crippen LogP contribution is -2.12. The van der Waals surface area contributed by atoms with E-state index >= 15 is 0 Å². The van der Waals surface area contributed by atoms with Gasteiger partial charge in [0, 0.05) is 11.3 Å². The van der Waals surface area contributed by atoms with Crippen LogP contribution in [0.1, 0.15) is 21.5 Å². The van der Waals surface area contributed by atoms with E-state index in [1.54, 1.807) is 37.4 Å². The minimum atomic E-state index is -0.172. The molecule has 0 unspecified atom stereocenters. The highest BCUT2D eigenvalue weighted by molar-refractivity contribution is 6.04. The number of benzene rings is 2. The maximum atomic E-state index is 12.2. The van der Waals surface area contributed by atoms with E-state index in [-0.39, 0.29) is 5.91 Å². The smallest absolute Gasteiger partial charge is 0.255 e. The molecular formula is C17H16N2O2. The van der Waals surface area contributed by atoms with Crippen molar-refractivity contribution in [1.82, 2.24) is 0 Å². The van der Waals surface area contributed by atoms with Crippen molar-refractivity contribution in [3.8, 4) is 11.8 Å². The van der Waals surface area contributed by atoms with Crippen LogP contribution in [0.5, 0.6) is 5.75 Å². The second-order valence-electron chi connectivity index (χ2n) is 4.67. The van der Waals surface area contributed by atoms with Crippen LogP contribution in [0, 0.1) is 18.3 Å². The van der Waals surface area contributed by atoms with Crippen molar-refractivity contribution in [2.75, 3.05) is 12.4 Å². The Hall–Kier alpha value is -2.80. The zero-order valence-corrected chi connectivity index (χ0v) is 12.0. The maximum absolute atomic E-state index is 12.2. The van der Waals surface area contributed by atoms with Gasteiger partial charge in [-0.2, -0.15) is 5.26 Å². The Bertz CT molecular complexity index is 685. The first-order chi connectivity index (χ1) is 10.1. The Morgan fingerprint density at radius 2 is 1.95 bits per heavy atom. The van der Waals surface area contributed by atoms with E-state index in [1.165, 1.54) is 0 Å². The van der Waals surface area contributed by atoms with Gasteiger partial charge in [-0.3, -0.25) is 4.79 Å². The van der Waals surface area contributed by atoms with E-state index < -0.39 is 0 Å². The van der Waals surface area contributed by atoms with Crippen LogP contribution < -0.4 is 10.1 Å². The summed E-state index contributed by atoms with van der Waals surface area (Å²) in [6.07, 6.45) is 0.367. The molecule has 106 valence electrons. The molecule has 1 amide bonds. The Morgan fingerprint density at radius 1 is 1.24 bits per heavy atom. The number of nitrogens with zero attached hydrogens (tertiary/aromatic N) is 1. The largest absolute Gasteiger partial charge is 0.496 e. The third-order valence-electron chi connectivity index (χ3n) is 3.15. The number of hydrogen-bond donors (Lipinski definition) is 1. The molecule has 2 aromatic carbocycles. The molecule has 21 heavy (non-hydrogen) atoms. The Balaban J connectivity index is 2.10. The van der Waals surface area contributed by atoms with Gasteiger partial charge in [-0.15, -0.1) is 0 Å². The molecule has 0 spiro atoms. The highest BCUT2D eigenvalue weighted by Gasteiger charge is 2.08. The number of hydrogen-bond acceptors (Lipinski definition) is 3. The fraction of sp³-hybridized carbons (Fsp3) is 0.176. The van der Waals surface area contributed by atoms with Gasteiger partial charge in [0.2, 0.25) is 0 Å². The Kier molecular flexibility index (Phi) is 4.57. The van der Waals surface area contributed by atoms with Gasteiger partial charge in [0.15, 0.2) is 0 Å². The molecule has 0 radical (unpaired) electrons. The monoisotopic (exact) mass is 280 g/mol.